The normalized spacial score (nSPS) is 31.9. The Morgan fingerprint density at radius 3 is 2.18 bits per heavy atom. The molecule has 2 rings (SSSR count). The van der Waals surface area contributed by atoms with Crippen molar-refractivity contribution in [2.24, 2.45) is 0 Å². The molecule has 0 spiro atoms. The summed E-state index contributed by atoms with van der Waals surface area (Å²) in [5, 5.41) is 0. The molecule has 1 aliphatic heterocycles. The molecule has 2 nitrogen and oxygen atoms in total. The second-order valence-electron chi connectivity index (χ2n) is 6.68. The Kier molecular flexibility index (Phi) is 5.82. The summed E-state index contributed by atoms with van der Waals surface area (Å²) in [6.07, 6.45) is 12.9. The zero-order valence-corrected chi connectivity index (χ0v) is 14.4. The van der Waals surface area contributed by atoms with Gasteiger partial charge >= 0.3 is 5.97 Å². The van der Waals surface area contributed by atoms with E-state index in [1.807, 2.05) is 6.92 Å². The molecule has 2 aliphatic rings. The molecule has 0 aromatic heterocycles. The van der Waals surface area contributed by atoms with Crippen LogP contribution in [0.4, 0.5) is 0 Å². The Morgan fingerprint density at radius 1 is 0.909 bits per heavy atom. The standard InChI is InChI=1S/C20H28O2/c1-14-7-5-9-15(2)11-12-18-17(4)20(21)22-19(18)13-16(3)10-6-8-14/h7,10-11,19H,5-6,8-9,12-13H2,1-4H3/b14-7+,15-11+,16-10+/t19-/m0/s1. The van der Waals surface area contributed by atoms with Crippen molar-refractivity contribution < 1.29 is 9.53 Å². The Labute approximate surface area is 134 Å². The van der Waals surface area contributed by atoms with Crippen LogP contribution in [0, 0.1) is 0 Å². The van der Waals surface area contributed by atoms with Crippen LogP contribution < -0.4 is 0 Å². The van der Waals surface area contributed by atoms with Crippen LogP contribution in [0.25, 0.3) is 0 Å². The van der Waals surface area contributed by atoms with Crippen molar-refractivity contribution in [3.8, 4) is 0 Å². The number of fused-ring (bicyclic) bond motifs is 1. The zero-order valence-electron chi connectivity index (χ0n) is 14.4. The lowest BCUT2D eigenvalue weighted by Gasteiger charge is -2.15. The van der Waals surface area contributed by atoms with Crippen LogP contribution in [0.5, 0.6) is 0 Å². The Hall–Kier alpha value is -1.57. The molecule has 1 aliphatic carbocycles. The predicted octanol–water partition coefficient (Wildman–Crippen LogP) is 5.42. The second-order valence-corrected chi connectivity index (χ2v) is 6.68. The van der Waals surface area contributed by atoms with Gasteiger partial charge in [0, 0.05) is 12.0 Å². The van der Waals surface area contributed by atoms with Gasteiger partial charge in [0.05, 0.1) is 0 Å². The Bertz CT molecular complexity index is 558. The summed E-state index contributed by atoms with van der Waals surface area (Å²) in [4.78, 5) is 11.9. The largest absolute Gasteiger partial charge is 0.454 e. The molecule has 0 fully saturated rings. The van der Waals surface area contributed by atoms with Gasteiger partial charge in [-0.2, -0.15) is 0 Å². The molecule has 1 heterocycles. The van der Waals surface area contributed by atoms with Crippen molar-refractivity contribution in [1.29, 1.82) is 0 Å². The quantitative estimate of drug-likeness (QED) is 0.441. The lowest BCUT2D eigenvalue weighted by molar-refractivity contribution is -0.139. The average molecular weight is 300 g/mol. The maximum Gasteiger partial charge on any atom is 0.334 e. The van der Waals surface area contributed by atoms with E-state index in [1.165, 1.54) is 22.3 Å². The molecule has 0 aromatic carbocycles. The zero-order chi connectivity index (χ0) is 16.1. The Balaban J connectivity index is 2.23. The van der Waals surface area contributed by atoms with Crippen LogP contribution in [-0.4, -0.2) is 12.1 Å². The first-order valence-corrected chi connectivity index (χ1v) is 8.35. The monoisotopic (exact) mass is 300 g/mol. The second kappa shape index (κ2) is 7.62. The van der Waals surface area contributed by atoms with E-state index < -0.39 is 0 Å². The van der Waals surface area contributed by atoms with E-state index in [-0.39, 0.29) is 12.1 Å². The minimum atomic E-state index is -0.138. The van der Waals surface area contributed by atoms with Crippen LogP contribution in [0.1, 0.15) is 66.2 Å². The molecule has 2 heteroatoms. The molecule has 0 aromatic rings. The SMILES string of the molecule is CC1=C2C/C=C(\C)CC/C=C(\C)CC/C=C(\C)C[C@@H]2OC1=O. The fraction of sp³-hybridized carbons (Fsp3) is 0.550. The third-order valence-corrected chi connectivity index (χ3v) is 4.67. The average Bonchev–Trinajstić information content (AvgIpc) is 2.71. The summed E-state index contributed by atoms with van der Waals surface area (Å²) in [6, 6.07) is 0. The van der Waals surface area contributed by atoms with Crippen LogP contribution in [0.2, 0.25) is 0 Å². The number of carbonyl (C=O) groups is 1. The van der Waals surface area contributed by atoms with Gasteiger partial charge in [-0.3, -0.25) is 0 Å². The van der Waals surface area contributed by atoms with Crippen molar-refractivity contribution >= 4 is 5.97 Å². The molecule has 0 saturated heterocycles. The van der Waals surface area contributed by atoms with Gasteiger partial charge in [0.1, 0.15) is 6.10 Å². The van der Waals surface area contributed by atoms with Gasteiger partial charge in [-0.1, -0.05) is 34.9 Å². The van der Waals surface area contributed by atoms with E-state index in [0.29, 0.717) is 0 Å². The summed E-state index contributed by atoms with van der Waals surface area (Å²) >= 11 is 0. The topological polar surface area (TPSA) is 26.3 Å². The number of esters is 1. The highest BCUT2D eigenvalue weighted by Crippen LogP contribution is 2.30. The van der Waals surface area contributed by atoms with Gasteiger partial charge in [0.25, 0.3) is 0 Å². The van der Waals surface area contributed by atoms with Gasteiger partial charge in [-0.15, -0.1) is 0 Å². The highest BCUT2D eigenvalue weighted by molar-refractivity contribution is 5.91. The molecule has 120 valence electrons. The lowest BCUT2D eigenvalue weighted by Crippen LogP contribution is -2.12. The third-order valence-electron chi connectivity index (χ3n) is 4.67. The molecule has 1 atom stereocenters. The van der Waals surface area contributed by atoms with Gasteiger partial charge in [0.2, 0.25) is 0 Å². The maximum absolute atomic E-state index is 11.9. The molecule has 0 amide bonds. The molecule has 0 radical (unpaired) electrons. The van der Waals surface area contributed by atoms with E-state index in [1.54, 1.807) is 0 Å². The summed E-state index contributed by atoms with van der Waals surface area (Å²) in [6.45, 7) is 8.44. The molecule has 0 saturated carbocycles. The first-order valence-electron chi connectivity index (χ1n) is 8.35. The number of hydrogen-bond acceptors (Lipinski definition) is 2. The number of hydrogen-bond donors (Lipinski definition) is 0. The summed E-state index contributed by atoms with van der Waals surface area (Å²) in [7, 11) is 0. The van der Waals surface area contributed by atoms with Crippen molar-refractivity contribution in [3.05, 3.63) is 46.1 Å². The molecule has 22 heavy (non-hydrogen) atoms. The first kappa shape index (κ1) is 16.8. The maximum atomic E-state index is 11.9. The molecule has 0 bridgehead atoms. The molecular formula is C20H28O2. The minimum Gasteiger partial charge on any atom is -0.454 e. The summed E-state index contributed by atoms with van der Waals surface area (Å²) in [5.41, 5.74) is 6.16. The highest BCUT2D eigenvalue weighted by atomic mass is 16.5. The summed E-state index contributed by atoms with van der Waals surface area (Å²) < 4.78 is 5.57. The van der Waals surface area contributed by atoms with Crippen molar-refractivity contribution in [3.63, 3.8) is 0 Å². The van der Waals surface area contributed by atoms with Gasteiger partial charge in [-0.25, -0.2) is 4.79 Å². The lowest BCUT2D eigenvalue weighted by atomic mass is 9.95. The number of rotatable bonds is 0. The fourth-order valence-corrected chi connectivity index (χ4v) is 3.07. The van der Waals surface area contributed by atoms with Crippen LogP contribution >= 0.6 is 0 Å². The Morgan fingerprint density at radius 2 is 1.50 bits per heavy atom. The van der Waals surface area contributed by atoms with Crippen molar-refractivity contribution in [2.75, 3.05) is 0 Å². The van der Waals surface area contributed by atoms with Crippen LogP contribution in [0.3, 0.4) is 0 Å². The van der Waals surface area contributed by atoms with E-state index in [0.717, 1.165) is 44.1 Å². The number of allylic oxidation sites excluding steroid dienone is 5. The molecule has 0 unspecified atom stereocenters. The van der Waals surface area contributed by atoms with Crippen molar-refractivity contribution in [1.82, 2.24) is 0 Å². The van der Waals surface area contributed by atoms with Gasteiger partial charge < -0.3 is 4.74 Å². The third kappa shape index (κ3) is 4.46. The first-order chi connectivity index (χ1) is 10.5. The number of carbonyl (C=O) groups excluding carboxylic acids is 1. The predicted molar refractivity (Wildman–Crippen MR) is 91.6 cm³/mol. The van der Waals surface area contributed by atoms with Crippen LogP contribution in [0.15, 0.2) is 46.1 Å². The van der Waals surface area contributed by atoms with Gasteiger partial charge in [-0.05, 0) is 65.4 Å². The van der Waals surface area contributed by atoms with E-state index in [2.05, 4.69) is 39.0 Å². The van der Waals surface area contributed by atoms with Crippen molar-refractivity contribution in [2.45, 2.75) is 72.3 Å². The molecule has 0 N–H and O–H groups in total. The smallest absolute Gasteiger partial charge is 0.334 e. The number of ether oxygens (including phenoxy) is 1. The van der Waals surface area contributed by atoms with E-state index >= 15 is 0 Å². The van der Waals surface area contributed by atoms with E-state index in [9.17, 15) is 4.79 Å². The fourth-order valence-electron chi connectivity index (χ4n) is 3.07. The highest BCUT2D eigenvalue weighted by Gasteiger charge is 2.30. The minimum absolute atomic E-state index is 0.0626. The van der Waals surface area contributed by atoms with E-state index in [4.69, 9.17) is 4.74 Å². The van der Waals surface area contributed by atoms with Crippen LogP contribution in [-0.2, 0) is 9.53 Å². The molecular weight excluding hydrogens is 272 g/mol. The van der Waals surface area contributed by atoms with Gasteiger partial charge in [0.15, 0.2) is 0 Å². The summed E-state index contributed by atoms with van der Waals surface area (Å²) in [5.74, 6) is -0.138.